The summed E-state index contributed by atoms with van der Waals surface area (Å²) in [6, 6.07) is 8.30. The van der Waals surface area contributed by atoms with Gasteiger partial charge in [-0.25, -0.2) is 0 Å². The number of rotatable bonds is 4. The quantitative estimate of drug-likeness (QED) is 0.796. The molecule has 5 rings (SSSR count). The molecule has 1 aromatic rings. The standard InChI is InChI=1S/C22H32N4O2/c1-23(2)21(27)16-24-13-17-9-10-18(15-24)26(14-17)22(28)19-7-3-4-8-20(19)25-11-5-6-12-25/h3-4,7-8,17-18H,5-6,9-16H2,1-2H3/t17-,18+/m0/s1. The molecule has 2 bridgehead atoms. The van der Waals surface area contributed by atoms with Crippen molar-refractivity contribution >= 4 is 17.5 Å². The number of likely N-dealkylation sites (N-methyl/N-ethyl adjacent to an activating group) is 1. The van der Waals surface area contributed by atoms with Crippen LogP contribution in [0.1, 0.15) is 36.0 Å². The summed E-state index contributed by atoms with van der Waals surface area (Å²) in [5.74, 6) is 0.758. The van der Waals surface area contributed by atoms with Crippen LogP contribution in [0, 0.1) is 5.92 Å². The minimum atomic E-state index is 0.138. The zero-order chi connectivity index (χ0) is 19.7. The Bertz CT molecular complexity index is 729. The first-order valence-electron chi connectivity index (χ1n) is 10.6. The number of carbonyl (C=O) groups excluding carboxylic acids is 2. The number of carbonyl (C=O) groups is 2. The van der Waals surface area contributed by atoms with E-state index in [2.05, 4.69) is 20.8 Å². The molecule has 6 nitrogen and oxygen atoms in total. The molecule has 4 aliphatic rings. The predicted octanol–water partition coefficient (Wildman–Crippen LogP) is 1.91. The van der Waals surface area contributed by atoms with E-state index in [0.29, 0.717) is 12.5 Å². The number of fused-ring (bicyclic) bond motifs is 4. The number of hydrogen-bond donors (Lipinski definition) is 0. The second kappa shape index (κ2) is 8.11. The third-order valence-electron chi connectivity index (χ3n) is 6.49. The lowest BCUT2D eigenvalue weighted by Gasteiger charge is -2.37. The Labute approximate surface area is 168 Å². The average molecular weight is 385 g/mol. The van der Waals surface area contributed by atoms with Crippen LogP contribution in [0.15, 0.2) is 24.3 Å². The largest absolute Gasteiger partial charge is 0.371 e. The highest BCUT2D eigenvalue weighted by Crippen LogP contribution is 2.32. The second-order valence-electron chi connectivity index (χ2n) is 8.75. The van der Waals surface area contributed by atoms with Crippen LogP contribution >= 0.6 is 0 Å². The minimum Gasteiger partial charge on any atom is -0.371 e. The van der Waals surface area contributed by atoms with Crippen molar-refractivity contribution in [1.29, 1.82) is 0 Å². The van der Waals surface area contributed by atoms with Crippen molar-refractivity contribution in [1.82, 2.24) is 14.7 Å². The number of para-hydroxylation sites is 1. The van der Waals surface area contributed by atoms with Gasteiger partial charge in [0.2, 0.25) is 5.91 Å². The third kappa shape index (κ3) is 3.88. The molecule has 0 spiro atoms. The van der Waals surface area contributed by atoms with Gasteiger partial charge < -0.3 is 14.7 Å². The summed E-state index contributed by atoms with van der Waals surface area (Å²) in [7, 11) is 3.61. The van der Waals surface area contributed by atoms with Crippen LogP contribution in [-0.2, 0) is 4.79 Å². The molecule has 0 N–H and O–H groups in total. The predicted molar refractivity (Wildman–Crippen MR) is 111 cm³/mol. The first-order chi connectivity index (χ1) is 13.5. The van der Waals surface area contributed by atoms with Crippen LogP contribution in [0.5, 0.6) is 0 Å². The number of anilines is 1. The number of benzene rings is 1. The van der Waals surface area contributed by atoms with E-state index in [1.807, 2.05) is 18.2 Å². The number of nitrogens with zero attached hydrogens (tertiary/aromatic N) is 4. The maximum atomic E-state index is 13.6. The van der Waals surface area contributed by atoms with E-state index < -0.39 is 0 Å². The van der Waals surface area contributed by atoms with Gasteiger partial charge in [0.05, 0.1) is 12.1 Å². The van der Waals surface area contributed by atoms with Gasteiger partial charge in [0.25, 0.3) is 5.91 Å². The zero-order valence-electron chi connectivity index (χ0n) is 17.1. The molecular weight excluding hydrogens is 352 g/mol. The summed E-state index contributed by atoms with van der Waals surface area (Å²) in [6.45, 7) is 5.05. The fraction of sp³-hybridized carbons (Fsp3) is 0.636. The topological polar surface area (TPSA) is 47.1 Å². The first kappa shape index (κ1) is 19.2. The van der Waals surface area contributed by atoms with E-state index >= 15 is 0 Å². The van der Waals surface area contributed by atoms with Gasteiger partial charge in [-0.15, -0.1) is 0 Å². The summed E-state index contributed by atoms with van der Waals surface area (Å²) in [5.41, 5.74) is 1.93. The van der Waals surface area contributed by atoms with Gasteiger partial charge in [-0.05, 0) is 43.7 Å². The van der Waals surface area contributed by atoms with Crippen molar-refractivity contribution in [3.8, 4) is 0 Å². The average Bonchev–Trinajstić information content (AvgIpc) is 3.09. The Morgan fingerprint density at radius 3 is 2.54 bits per heavy atom. The molecule has 152 valence electrons. The minimum absolute atomic E-state index is 0.138. The molecule has 0 unspecified atom stereocenters. The fourth-order valence-electron chi connectivity index (χ4n) is 4.93. The summed E-state index contributed by atoms with van der Waals surface area (Å²) >= 11 is 0. The van der Waals surface area contributed by atoms with Crippen molar-refractivity contribution in [2.24, 2.45) is 5.92 Å². The fourth-order valence-corrected chi connectivity index (χ4v) is 4.93. The number of amides is 2. The molecule has 4 aliphatic heterocycles. The SMILES string of the molecule is CN(C)C(=O)CN1C[C@@H]2CC[C@H](C1)N(C(=O)c1ccccc1N1CCCC1)C2. The highest BCUT2D eigenvalue weighted by Gasteiger charge is 2.38. The lowest BCUT2D eigenvalue weighted by atomic mass is 9.94. The lowest BCUT2D eigenvalue weighted by Crippen LogP contribution is -2.48. The van der Waals surface area contributed by atoms with E-state index in [-0.39, 0.29) is 17.9 Å². The van der Waals surface area contributed by atoms with E-state index in [1.54, 1.807) is 19.0 Å². The van der Waals surface area contributed by atoms with Crippen molar-refractivity contribution in [2.75, 3.05) is 58.3 Å². The second-order valence-corrected chi connectivity index (χ2v) is 8.75. The molecule has 0 aliphatic carbocycles. The highest BCUT2D eigenvalue weighted by atomic mass is 16.2. The molecule has 6 heteroatoms. The van der Waals surface area contributed by atoms with Crippen molar-refractivity contribution in [3.05, 3.63) is 29.8 Å². The normalized spacial score (nSPS) is 25.1. The van der Waals surface area contributed by atoms with E-state index in [0.717, 1.165) is 56.8 Å². The maximum absolute atomic E-state index is 13.6. The van der Waals surface area contributed by atoms with Gasteiger partial charge in [0, 0.05) is 58.5 Å². The number of piperidine rings is 1. The maximum Gasteiger partial charge on any atom is 0.256 e. The molecule has 0 aromatic heterocycles. The van der Waals surface area contributed by atoms with E-state index in [9.17, 15) is 9.59 Å². The van der Waals surface area contributed by atoms with E-state index in [4.69, 9.17) is 0 Å². The summed E-state index contributed by atoms with van der Waals surface area (Å²) < 4.78 is 0. The van der Waals surface area contributed by atoms with Crippen LogP contribution in [0.4, 0.5) is 5.69 Å². The highest BCUT2D eigenvalue weighted by molar-refractivity contribution is 6.00. The molecule has 4 heterocycles. The van der Waals surface area contributed by atoms with Gasteiger partial charge in [0.1, 0.15) is 0 Å². The van der Waals surface area contributed by atoms with Gasteiger partial charge in [-0.3, -0.25) is 14.5 Å². The monoisotopic (exact) mass is 384 g/mol. The van der Waals surface area contributed by atoms with Gasteiger partial charge in [-0.2, -0.15) is 0 Å². The van der Waals surface area contributed by atoms with Crippen LogP contribution < -0.4 is 4.90 Å². The lowest BCUT2D eigenvalue weighted by molar-refractivity contribution is -0.129. The molecular formula is C22H32N4O2. The Hall–Kier alpha value is -2.08. The Kier molecular flexibility index (Phi) is 5.58. The van der Waals surface area contributed by atoms with Gasteiger partial charge in [0.15, 0.2) is 0 Å². The van der Waals surface area contributed by atoms with Crippen molar-refractivity contribution < 1.29 is 9.59 Å². The molecule has 2 amide bonds. The molecule has 4 saturated heterocycles. The molecule has 0 saturated carbocycles. The Balaban J connectivity index is 1.52. The molecule has 1 aromatic carbocycles. The molecule has 4 fully saturated rings. The van der Waals surface area contributed by atoms with Gasteiger partial charge >= 0.3 is 0 Å². The third-order valence-corrected chi connectivity index (χ3v) is 6.49. The first-order valence-corrected chi connectivity index (χ1v) is 10.6. The van der Waals surface area contributed by atoms with E-state index in [1.165, 1.54) is 12.8 Å². The Morgan fingerprint density at radius 1 is 1.04 bits per heavy atom. The van der Waals surface area contributed by atoms with Crippen LogP contribution in [0.25, 0.3) is 0 Å². The van der Waals surface area contributed by atoms with Crippen LogP contribution in [0.3, 0.4) is 0 Å². The Morgan fingerprint density at radius 2 is 1.79 bits per heavy atom. The molecule has 0 radical (unpaired) electrons. The molecule has 28 heavy (non-hydrogen) atoms. The smallest absolute Gasteiger partial charge is 0.256 e. The summed E-state index contributed by atoms with van der Waals surface area (Å²) in [5, 5.41) is 0. The van der Waals surface area contributed by atoms with Crippen molar-refractivity contribution in [2.45, 2.75) is 31.7 Å². The zero-order valence-corrected chi connectivity index (χ0v) is 17.1. The van der Waals surface area contributed by atoms with Gasteiger partial charge in [-0.1, -0.05) is 12.1 Å². The molecule has 2 atom stereocenters. The summed E-state index contributed by atoms with van der Waals surface area (Å²) in [6.07, 6.45) is 4.58. The summed E-state index contributed by atoms with van der Waals surface area (Å²) in [4.78, 5) is 34.1. The van der Waals surface area contributed by atoms with Crippen molar-refractivity contribution in [3.63, 3.8) is 0 Å². The van der Waals surface area contributed by atoms with Crippen LogP contribution in [0.2, 0.25) is 0 Å². The number of hydrogen-bond acceptors (Lipinski definition) is 4. The van der Waals surface area contributed by atoms with Crippen LogP contribution in [-0.4, -0.2) is 85.9 Å².